The van der Waals surface area contributed by atoms with Gasteiger partial charge in [-0.1, -0.05) is 13.3 Å². The van der Waals surface area contributed by atoms with E-state index in [0.717, 1.165) is 18.5 Å². The molecule has 1 aromatic rings. The number of nitrogens with zero attached hydrogens (tertiary/aromatic N) is 1. The second-order valence-electron chi connectivity index (χ2n) is 2.71. The molecular formula is C8H10N2O3. The van der Waals surface area contributed by atoms with Crippen LogP contribution in [0.2, 0.25) is 0 Å². The molecule has 0 unspecified atom stereocenters. The lowest BCUT2D eigenvalue weighted by Gasteiger charge is -1.96. The molecule has 0 aliphatic carbocycles. The molecule has 0 saturated heterocycles. The predicted molar refractivity (Wildman–Crippen MR) is 47.7 cm³/mol. The van der Waals surface area contributed by atoms with Crippen molar-refractivity contribution in [3.63, 3.8) is 0 Å². The molecule has 1 rings (SSSR count). The number of rotatable bonds is 3. The van der Waals surface area contributed by atoms with Gasteiger partial charge < -0.3 is 4.98 Å². The predicted octanol–water partition coefficient (Wildman–Crippen LogP) is 1.24. The number of H-pyrrole nitrogens is 1. The zero-order valence-corrected chi connectivity index (χ0v) is 7.24. The summed E-state index contributed by atoms with van der Waals surface area (Å²) in [5.41, 5.74) is -0.297. The highest BCUT2D eigenvalue weighted by molar-refractivity contribution is 5.26. The van der Waals surface area contributed by atoms with E-state index in [2.05, 4.69) is 4.98 Å². The molecule has 0 saturated carbocycles. The van der Waals surface area contributed by atoms with Crippen LogP contribution in [0.1, 0.15) is 19.0 Å². The zero-order chi connectivity index (χ0) is 9.84. The third-order valence-electron chi connectivity index (χ3n) is 1.67. The van der Waals surface area contributed by atoms with Crippen molar-refractivity contribution in [2.75, 3.05) is 0 Å². The molecule has 1 aromatic heterocycles. The minimum atomic E-state index is -0.686. The second kappa shape index (κ2) is 3.84. The molecule has 5 heteroatoms. The van der Waals surface area contributed by atoms with Crippen LogP contribution in [0.3, 0.4) is 0 Å². The zero-order valence-electron chi connectivity index (χ0n) is 7.24. The molecule has 0 radical (unpaired) electrons. The van der Waals surface area contributed by atoms with Crippen molar-refractivity contribution in [2.24, 2.45) is 0 Å². The van der Waals surface area contributed by atoms with Crippen molar-refractivity contribution in [2.45, 2.75) is 19.8 Å². The van der Waals surface area contributed by atoms with Crippen LogP contribution in [0.15, 0.2) is 16.9 Å². The number of hydrogen-bond acceptors (Lipinski definition) is 3. The van der Waals surface area contributed by atoms with Crippen LogP contribution in [0, 0.1) is 10.1 Å². The summed E-state index contributed by atoms with van der Waals surface area (Å²) in [4.78, 5) is 23.1. The number of aryl methyl sites for hydroxylation is 1. The first-order chi connectivity index (χ1) is 6.15. The van der Waals surface area contributed by atoms with Crippen molar-refractivity contribution in [3.05, 3.63) is 38.3 Å². The van der Waals surface area contributed by atoms with Crippen molar-refractivity contribution >= 4 is 5.69 Å². The summed E-state index contributed by atoms with van der Waals surface area (Å²) in [6.45, 7) is 1.97. The topological polar surface area (TPSA) is 76.0 Å². The third-order valence-corrected chi connectivity index (χ3v) is 1.67. The summed E-state index contributed by atoms with van der Waals surface area (Å²) < 4.78 is 0. The molecule has 0 spiro atoms. The van der Waals surface area contributed by atoms with Gasteiger partial charge in [0.1, 0.15) is 0 Å². The van der Waals surface area contributed by atoms with Crippen LogP contribution in [-0.4, -0.2) is 9.91 Å². The molecule has 1 N–H and O–H groups in total. The fourth-order valence-corrected chi connectivity index (χ4v) is 1.07. The molecule has 5 nitrogen and oxygen atoms in total. The summed E-state index contributed by atoms with van der Waals surface area (Å²) in [6.07, 6.45) is 1.63. The van der Waals surface area contributed by atoms with Crippen LogP contribution >= 0.6 is 0 Å². The number of pyridine rings is 1. The standard InChI is InChI=1S/C8H10N2O3/c1-2-3-6-4-5-7(10(12)13)8(11)9-6/h4-5H,2-3H2,1H3,(H,9,11). The van der Waals surface area contributed by atoms with E-state index in [-0.39, 0.29) is 0 Å². The number of aromatic nitrogens is 1. The van der Waals surface area contributed by atoms with Gasteiger partial charge in [0.05, 0.1) is 4.92 Å². The van der Waals surface area contributed by atoms with E-state index in [1.165, 1.54) is 6.07 Å². The van der Waals surface area contributed by atoms with Crippen LogP contribution in [0.25, 0.3) is 0 Å². The SMILES string of the molecule is CCCc1ccc([N+](=O)[O-])c(=O)[nH]1. The molecule has 0 aromatic carbocycles. The van der Waals surface area contributed by atoms with Gasteiger partial charge in [0.15, 0.2) is 0 Å². The van der Waals surface area contributed by atoms with E-state index in [1.54, 1.807) is 6.07 Å². The maximum absolute atomic E-state index is 11.1. The molecule has 0 atom stereocenters. The van der Waals surface area contributed by atoms with Gasteiger partial charge >= 0.3 is 11.2 Å². The quantitative estimate of drug-likeness (QED) is 0.564. The molecule has 1 heterocycles. The third kappa shape index (κ3) is 2.14. The highest BCUT2D eigenvalue weighted by atomic mass is 16.6. The van der Waals surface area contributed by atoms with Crippen LogP contribution in [0.4, 0.5) is 5.69 Å². The summed E-state index contributed by atoms with van der Waals surface area (Å²) >= 11 is 0. The van der Waals surface area contributed by atoms with Crippen molar-refractivity contribution in [3.8, 4) is 0 Å². The van der Waals surface area contributed by atoms with Gasteiger partial charge in [-0.2, -0.15) is 0 Å². The first-order valence-electron chi connectivity index (χ1n) is 4.01. The van der Waals surface area contributed by atoms with Crippen molar-refractivity contribution in [1.29, 1.82) is 0 Å². The Kier molecular flexibility index (Phi) is 2.79. The van der Waals surface area contributed by atoms with Gasteiger partial charge in [0, 0.05) is 11.8 Å². The minimum Gasteiger partial charge on any atom is -0.320 e. The number of nitrogens with one attached hydrogen (secondary N) is 1. The Labute approximate surface area is 74.6 Å². The monoisotopic (exact) mass is 182 g/mol. The van der Waals surface area contributed by atoms with E-state index >= 15 is 0 Å². The Morgan fingerprint density at radius 1 is 1.54 bits per heavy atom. The first-order valence-corrected chi connectivity index (χ1v) is 4.01. The van der Waals surface area contributed by atoms with Gasteiger partial charge in [0.25, 0.3) is 0 Å². The molecule has 70 valence electrons. The molecule has 0 amide bonds. The fourth-order valence-electron chi connectivity index (χ4n) is 1.07. The Hall–Kier alpha value is -1.65. The number of aromatic amines is 1. The highest BCUT2D eigenvalue weighted by Gasteiger charge is 2.10. The number of nitro groups is 1. The summed E-state index contributed by atoms with van der Waals surface area (Å²) in [7, 11) is 0. The van der Waals surface area contributed by atoms with E-state index in [1.807, 2.05) is 6.92 Å². The van der Waals surface area contributed by atoms with Crippen LogP contribution in [0.5, 0.6) is 0 Å². The van der Waals surface area contributed by atoms with Crippen LogP contribution in [-0.2, 0) is 6.42 Å². The molecule has 0 aliphatic rings. The molecular weight excluding hydrogens is 172 g/mol. The lowest BCUT2D eigenvalue weighted by Crippen LogP contribution is -2.12. The Balaban J connectivity index is 3.06. The summed E-state index contributed by atoms with van der Waals surface area (Å²) in [5.74, 6) is 0. The van der Waals surface area contributed by atoms with Gasteiger partial charge in [-0.15, -0.1) is 0 Å². The largest absolute Gasteiger partial charge is 0.333 e. The lowest BCUT2D eigenvalue weighted by atomic mass is 10.2. The highest BCUT2D eigenvalue weighted by Crippen LogP contribution is 2.04. The van der Waals surface area contributed by atoms with Crippen LogP contribution < -0.4 is 5.56 Å². The van der Waals surface area contributed by atoms with E-state index < -0.39 is 16.2 Å². The van der Waals surface area contributed by atoms with Gasteiger partial charge in [-0.05, 0) is 12.5 Å². The molecule has 13 heavy (non-hydrogen) atoms. The second-order valence-corrected chi connectivity index (χ2v) is 2.71. The average molecular weight is 182 g/mol. The summed E-state index contributed by atoms with van der Waals surface area (Å²) in [6, 6.07) is 2.81. The maximum Gasteiger partial charge on any atom is 0.333 e. The fraction of sp³-hybridized carbons (Fsp3) is 0.375. The lowest BCUT2D eigenvalue weighted by molar-refractivity contribution is -0.386. The average Bonchev–Trinajstić information content (AvgIpc) is 2.04. The number of hydrogen-bond donors (Lipinski definition) is 1. The van der Waals surface area contributed by atoms with E-state index in [9.17, 15) is 14.9 Å². The Morgan fingerprint density at radius 2 is 2.23 bits per heavy atom. The normalized spacial score (nSPS) is 9.92. The smallest absolute Gasteiger partial charge is 0.320 e. The first kappa shape index (κ1) is 9.44. The van der Waals surface area contributed by atoms with Crippen molar-refractivity contribution < 1.29 is 4.92 Å². The Morgan fingerprint density at radius 3 is 2.69 bits per heavy atom. The minimum absolute atomic E-state index is 0.403. The van der Waals surface area contributed by atoms with Crippen molar-refractivity contribution in [1.82, 2.24) is 4.98 Å². The molecule has 0 fully saturated rings. The Bertz CT molecular complexity index is 370. The van der Waals surface area contributed by atoms with Gasteiger partial charge in [-0.25, -0.2) is 0 Å². The van der Waals surface area contributed by atoms with E-state index in [0.29, 0.717) is 0 Å². The van der Waals surface area contributed by atoms with Gasteiger partial charge in [-0.3, -0.25) is 14.9 Å². The molecule has 0 bridgehead atoms. The van der Waals surface area contributed by atoms with Gasteiger partial charge in [0.2, 0.25) is 0 Å². The maximum atomic E-state index is 11.1. The molecule has 0 aliphatic heterocycles. The summed E-state index contributed by atoms with van der Waals surface area (Å²) in [5, 5.41) is 10.3. The van der Waals surface area contributed by atoms with E-state index in [4.69, 9.17) is 0 Å².